The SMILES string of the molecule is O=C(N[C@]1(C(F)(F)F)NC(=O)N(C2CCCCC2)C1=O)c1ccccc1F. The zero-order chi connectivity index (χ0) is 19.8. The van der Waals surface area contributed by atoms with Crippen molar-refractivity contribution in [1.29, 1.82) is 0 Å². The number of benzene rings is 1. The summed E-state index contributed by atoms with van der Waals surface area (Å²) in [6.07, 6.45) is -2.29. The Morgan fingerprint density at radius 3 is 2.37 bits per heavy atom. The summed E-state index contributed by atoms with van der Waals surface area (Å²) in [6.45, 7) is 0. The lowest BCUT2D eigenvalue weighted by Crippen LogP contribution is -2.69. The molecule has 0 spiro atoms. The van der Waals surface area contributed by atoms with E-state index < -0.39 is 47.1 Å². The molecule has 1 aliphatic carbocycles. The van der Waals surface area contributed by atoms with Crippen LogP contribution in [0.3, 0.4) is 0 Å². The third kappa shape index (κ3) is 3.24. The minimum Gasteiger partial charge on any atom is -0.314 e. The molecule has 2 N–H and O–H groups in total. The Hall–Kier alpha value is -2.65. The summed E-state index contributed by atoms with van der Waals surface area (Å²) >= 11 is 0. The number of carbonyl (C=O) groups excluding carboxylic acids is 3. The Kier molecular flexibility index (Phi) is 4.83. The first-order valence-electron chi connectivity index (χ1n) is 8.47. The standard InChI is InChI=1S/C17H17F4N3O3/c18-12-9-5-4-8-11(12)13(25)22-16(17(19,20)21)14(26)24(15(27)23-16)10-6-2-1-3-7-10/h4-5,8-10H,1-3,6-7H2,(H,22,25)(H,23,27)/t16-/m0/s1. The van der Waals surface area contributed by atoms with E-state index in [0.29, 0.717) is 30.6 Å². The van der Waals surface area contributed by atoms with Gasteiger partial charge in [0.05, 0.1) is 5.56 Å². The Labute approximate surface area is 151 Å². The van der Waals surface area contributed by atoms with Crippen LogP contribution in [0, 0.1) is 5.82 Å². The van der Waals surface area contributed by atoms with Crippen LogP contribution in [0.25, 0.3) is 0 Å². The van der Waals surface area contributed by atoms with Crippen molar-refractivity contribution in [3.8, 4) is 0 Å². The summed E-state index contributed by atoms with van der Waals surface area (Å²) < 4.78 is 55.1. The van der Waals surface area contributed by atoms with Crippen LogP contribution >= 0.6 is 0 Å². The van der Waals surface area contributed by atoms with E-state index in [4.69, 9.17) is 0 Å². The van der Waals surface area contributed by atoms with Crippen LogP contribution < -0.4 is 10.6 Å². The third-order valence-corrected chi connectivity index (χ3v) is 4.84. The van der Waals surface area contributed by atoms with Crippen molar-refractivity contribution in [3.63, 3.8) is 0 Å². The van der Waals surface area contributed by atoms with E-state index in [-0.39, 0.29) is 0 Å². The van der Waals surface area contributed by atoms with Crippen LogP contribution in [0.5, 0.6) is 0 Å². The molecule has 2 fully saturated rings. The summed E-state index contributed by atoms with van der Waals surface area (Å²) in [7, 11) is 0. The normalized spacial score (nSPS) is 24.1. The largest absolute Gasteiger partial charge is 0.440 e. The summed E-state index contributed by atoms with van der Waals surface area (Å²) in [5.74, 6) is -4.10. The Bertz CT molecular complexity index is 777. The van der Waals surface area contributed by atoms with Gasteiger partial charge in [0, 0.05) is 6.04 Å². The maximum atomic E-state index is 13.8. The number of rotatable bonds is 3. The highest BCUT2D eigenvalue weighted by Gasteiger charge is 2.69. The molecule has 1 aliphatic heterocycles. The second-order valence-corrected chi connectivity index (χ2v) is 6.58. The molecule has 146 valence electrons. The number of halogens is 4. The molecule has 1 aromatic rings. The molecule has 0 aromatic heterocycles. The minimum absolute atomic E-state index is 0.397. The smallest absolute Gasteiger partial charge is 0.314 e. The highest BCUT2D eigenvalue weighted by Crippen LogP contribution is 2.37. The molecule has 3 rings (SSSR count). The number of carbonyl (C=O) groups is 3. The number of imide groups is 1. The average molecular weight is 387 g/mol. The second-order valence-electron chi connectivity index (χ2n) is 6.58. The molecule has 0 unspecified atom stereocenters. The van der Waals surface area contributed by atoms with Gasteiger partial charge >= 0.3 is 12.2 Å². The van der Waals surface area contributed by atoms with Crippen LogP contribution in [-0.4, -0.2) is 40.6 Å². The zero-order valence-corrected chi connectivity index (χ0v) is 14.1. The molecule has 27 heavy (non-hydrogen) atoms. The van der Waals surface area contributed by atoms with Gasteiger partial charge in [0.1, 0.15) is 5.82 Å². The Morgan fingerprint density at radius 1 is 1.15 bits per heavy atom. The van der Waals surface area contributed by atoms with Crippen molar-refractivity contribution in [2.24, 2.45) is 0 Å². The highest BCUT2D eigenvalue weighted by molar-refractivity contribution is 6.10. The van der Waals surface area contributed by atoms with E-state index in [0.717, 1.165) is 18.6 Å². The molecule has 1 saturated heterocycles. The number of urea groups is 1. The Balaban J connectivity index is 1.94. The highest BCUT2D eigenvalue weighted by atomic mass is 19.4. The van der Waals surface area contributed by atoms with Gasteiger partial charge in [-0.15, -0.1) is 0 Å². The van der Waals surface area contributed by atoms with Crippen molar-refractivity contribution in [3.05, 3.63) is 35.6 Å². The fourth-order valence-electron chi connectivity index (χ4n) is 3.45. The van der Waals surface area contributed by atoms with Crippen molar-refractivity contribution >= 4 is 17.8 Å². The predicted octanol–water partition coefficient (Wildman–Crippen LogP) is 2.70. The van der Waals surface area contributed by atoms with Crippen LogP contribution in [-0.2, 0) is 4.79 Å². The van der Waals surface area contributed by atoms with Crippen molar-refractivity contribution in [2.45, 2.75) is 50.0 Å². The number of hydrogen-bond donors (Lipinski definition) is 2. The number of alkyl halides is 3. The van der Waals surface area contributed by atoms with Gasteiger partial charge in [-0.1, -0.05) is 31.4 Å². The second kappa shape index (κ2) is 6.82. The molecule has 1 atom stereocenters. The van der Waals surface area contributed by atoms with Crippen molar-refractivity contribution in [1.82, 2.24) is 15.5 Å². The average Bonchev–Trinajstić information content (AvgIpc) is 2.87. The number of hydrogen-bond acceptors (Lipinski definition) is 3. The molecular formula is C17H17F4N3O3. The van der Waals surface area contributed by atoms with Crippen molar-refractivity contribution in [2.75, 3.05) is 0 Å². The fourth-order valence-corrected chi connectivity index (χ4v) is 3.45. The summed E-state index contributed by atoms with van der Waals surface area (Å²) in [5.41, 5.74) is -4.29. The van der Waals surface area contributed by atoms with Gasteiger partial charge in [0.2, 0.25) is 0 Å². The Morgan fingerprint density at radius 2 is 1.78 bits per heavy atom. The first kappa shape index (κ1) is 19.1. The molecule has 1 saturated carbocycles. The molecule has 4 amide bonds. The van der Waals surface area contributed by atoms with Gasteiger partial charge in [0.25, 0.3) is 17.5 Å². The lowest BCUT2D eigenvalue weighted by atomic mass is 9.94. The maximum absolute atomic E-state index is 13.8. The van der Waals surface area contributed by atoms with Gasteiger partial charge in [-0.2, -0.15) is 13.2 Å². The van der Waals surface area contributed by atoms with Gasteiger partial charge in [-0.3, -0.25) is 19.8 Å². The molecule has 1 heterocycles. The first-order valence-corrected chi connectivity index (χ1v) is 8.47. The zero-order valence-electron chi connectivity index (χ0n) is 14.1. The van der Waals surface area contributed by atoms with Gasteiger partial charge in [-0.25, -0.2) is 9.18 Å². The predicted molar refractivity (Wildman–Crippen MR) is 84.9 cm³/mol. The van der Waals surface area contributed by atoms with Crippen LogP contribution in [0.2, 0.25) is 0 Å². The molecule has 10 heteroatoms. The quantitative estimate of drug-likeness (QED) is 0.618. The lowest BCUT2D eigenvalue weighted by molar-refractivity contribution is -0.200. The van der Waals surface area contributed by atoms with Crippen LogP contribution in [0.15, 0.2) is 24.3 Å². The number of amides is 4. The minimum atomic E-state index is -5.32. The van der Waals surface area contributed by atoms with E-state index in [9.17, 15) is 31.9 Å². The van der Waals surface area contributed by atoms with E-state index in [2.05, 4.69) is 0 Å². The molecule has 2 aliphatic rings. The maximum Gasteiger partial charge on any atom is 0.440 e. The van der Waals surface area contributed by atoms with E-state index in [1.807, 2.05) is 0 Å². The summed E-state index contributed by atoms with van der Waals surface area (Å²) in [5, 5.41) is 3.09. The fraction of sp³-hybridized carbons (Fsp3) is 0.471. The van der Waals surface area contributed by atoms with E-state index in [1.54, 1.807) is 5.32 Å². The number of nitrogens with one attached hydrogen (secondary N) is 2. The van der Waals surface area contributed by atoms with E-state index in [1.165, 1.54) is 17.4 Å². The number of nitrogens with zero attached hydrogens (tertiary/aromatic N) is 1. The van der Waals surface area contributed by atoms with Crippen LogP contribution in [0.4, 0.5) is 22.4 Å². The topological polar surface area (TPSA) is 78.5 Å². The monoisotopic (exact) mass is 387 g/mol. The molecule has 6 nitrogen and oxygen atoms in total. The third-order valence-electron chi connectivity index (χ3n) is 4.84. The van der Waals surface area contributed by atoms with Gasteiger partial charge < -0.3 is 5.32 Å². The summed E-state index contributed by atoms with van der Waals surface area (Å²) in [4.78, 5) is 37.6. The molecular weight excluding hydrogens is 370 g/mol. The van der Waals surface area contributed by atoms with Crippen molar-refractivity contribution < 1.29 is 31.9 Å². The molecule has 1 aromatic carbocycles. The van der Waals surface area contributed by atoms with Crippen LogP contribution in [0.1, 0.15) is 42.5 Å². The van der Waals surface area contributed by atoms with Gasteiger partial charge in [-0.05, 0) is 25.0 Å². The molecule has 0 radical (unpaired) electrons. The lowest BCUT2D eigenvalue weighted by Gasteiger charge is -2.32. The van der Waals surface area contributed by atoms with Gasteiger partial charge in [0.15, 0.2) is 0 Å². The van der Waals surface area contributed by atoms with E-state index >= 15 is 0 Å². The first-order chi connectivity index (χ1) is 12.7. The molecule has 0 bridgehead atoms. The summed E-state index contributed by atoms with van der Waals surface area (Å²) in [6, 6.07) is 2.52.